The van der Waals surface area contributed by atoms with Gasteiger partial charge in [0.25, 0.3) is 0 Å². The van der Waals surface area contributed by atoms with Gasteiger partial charge < -0.3 is 9.78 Å². The first-order valence-electron chi connectivity index (χ1n) is 5.95. The predicted octanol–water partition coefficient (Wildman–Crippen LogP) is 2.17. The largest absolute Gasteiger partial charge is 0.330 e. The standard InChI is InChI=1S/C14H16N2O2/c1-10(7-8-17)12-5-3-4-6-13(12)16-11(2)9-15-14(16)18/h3-6,8-10H,7H2,1-2H3,(H,15,18). The van der Waals surface area contributed by atoms with Crippen LogP contribution in [0.1, 0.15) is 30.5 Å². The Bertz CT molecular complexity index is 610. The summed E-state index contributed by atoms with van der Waals surface area (Å²) in [5, 5.41) is 0. The number of aldehydes is 1. The molecule has 0 aliphatic heterocycles. The normalized spacial score (nSPS) is 12.3. The molecule has 1 unspecified atom stereocenters. The lowest BCUT2D eigenvalue weighted by Crippen LogP contribution is -2.18. The number of para-hydroxylation sites is 1. The fraction of sp³-hybridized carbons (Fsp3) is 0.286. The van der Waals surface area contributed by atoms with Crippen molar-refractivity contribution in [3.8, 4) is 5.69 Å². The summed E-state index contributed by atoms with van der Waals surface area (Å²) in [5.41, 5.74) is 2.55. The lowest BCUT2D eigenvalue weighted by atomic mass is 9.96. The lowest BCUT2D eigenvalue weighted by Gasteiger charge is -2.15. The summed E-state index contributed by atoms with van der Waals surface area (Å²) >= 11 is 0. The number of rotatable bonds is 4. The van der Waals surface area contributed by atoms with Crippen molar-refractivity contribution in [1.82, 2.24) is 9.55 Å². The van der Waals surface area contributed by atoms with Crippen molar-refractivity contribution >= 4 is 6.29 Å². The first kappa shape index (κ1) is 12.4. The maximum absolute atomic E-state index is 11.8. The molecule has 4 heteroatoms. The number of carbonyl (C=O) groups is 1. The van der Waals surface area contributed by atoms with Gasteiger partial charge in [-0.1, -0.05) is 25.1 Å². The minimum atomic E-state index is -0.154. The van der Waals surface area contributed by atoms with Gasteiger partial charge in [-0.2, -0.15) is 0 Å². The van der Waals surface area contributed by atoms with E-state index < -0.39 is 0 Å². The molecule has 1 aromatic carbocycles. The average molecular weight is 244 g/mol. The zero-order valence-electron chi connectivity index (χ0n) is 10.5. The van der Waals surface area contributed by atoms with E-state index >= 15 is 0 Å². The van der Waals surface area contributed by atoms with Gasteiger partial charge in [0.1, 0.15) is 6.29 Å². The van der Waals surface area contributed by atoms with Crippen LogP contribution in [0.4, 0.5) is 0 Å². The van der Waals surface area contributed by atoms with Crippen LogP contribution in [0, 0.1) is 6.92 Å². The van der Waals surface area contributed by atoms with Gasteiger partial charge in [-0.3, -0.25) is 4.57 Å². The van der Waals surface area contributed by atoms with Crippen LogP contribution in [-0.4, -0.2) is 15.8 Å². The van der Waals surface area contributed by atoms with Crippen LogP contribution in [0.5, 0.6) is 0 Å². The van der Waals surface area contributed by atoms with Crippen molar-refractivity contribution in [2.75, 3.05) is 0 Å². The topological polar surface area (TPSA) is 54.9 Å². The third kappa shape index (κ3) is 2.14. The third-order valence-electron chi connectivity index (χ3n) is 3.12. The number of aromatic nitrogens is 2. The summed E-state index contributed by atoms with van der Waals surface area (Å²) in [6, 6.07) is 7.68. The highest BCUT2D eigenvalue weighted by atomic mass is 16.1. The number of aryl methyl sites for hydroxylation is 1. The van der Waals surface area contributed by atoms with Gasteiger partial charge in [0.05, 0.1) is 5.69 Å². The van der Waals surface area contributed by atoms with Crippen molar-refractivity contribution < 1.29 is 4.79 Å². The SMILES string of the molecule is Cc1c[nH]c(=O)n1-c1ccccc1C(C)CC=O. The molecule has 1 heterocycles. The summed E-state index contributed by atoms with van der Waals surface area (Å²) < 4.78 is 1.64. The Kier molecular flexibility index (Phi) is 3.46. The van der Waals surface area contributed by atoms with E-state index in [-0.39, 0.29) is 11.6 Å². The highest BCUT2D eigenvalue weighted by Gasteiger charge is 2.13. The summed E-state index contributed by atoms with van der Waals surface area (Å²) in [4.78, 5) is 25.1. The summed E-state index contributed by atoms with van der Waals surface area (Å²) in [6.45, 7) is 3.86. The number of aromatic amines is 1. The highest BCUT2D eigenvalue weighted by Crippen LogP contribution is 2.24. The molecule has 4 nitrogen and oxygen atoms in total. The Labute approximate surface area is 105 Å². The molecule has 0 amide bonds. The molecule has 18 heavy (non-hydrogen) atoms. The fourth-order valence-electron chi connectivity index (χ4n) is 2.13. The molecule has 0 aliphatic rings. The van der Waals surface area contributed by atoms with Crippen LogP contribution < -0.4 is 5.69 Å². The number of hydrogen-bond acceptors (Lipinski definition) is 2. The molecule has 0 fully saturated rings. The van der Waals surface area contributed by atoms with Crippen LogP contribution >= 0.6 is 0 Å². The van der Waals surface area contributed by atoms with Gasteiger partial charge in [0.15, 0.2) is 0 Å². The molecule has 1 N–H and O–H groups in total. The number of hydrogen-bond donors (Lipinski definition) is 1. The number of imidazole rings is 1. The van der Waals surface area contributed by atoms with Gasteiger partial charge in [-0.25, -0.2) is 4.79 Å². The molecule has 0 radical (unpaired) electrons. The Balaban J connectivity index is 2.58. The van der Waals surface area contributed by atoms with E-state index in [4.69, 9.17) is 0 Å². The third-order valence-corrected chi connectivity index (χ3v) is 3.12. The summed E-state index contributed by atoms with van der Waals surface area (Å²) in [5.74, 6) is 0.0971. The van der Waals surface area contributed by atoms with Crippen molar-refractivity contribution in [3.05, 3.63) is 52.2 Å². The number of nitrogens with zero attached hydrogens (tertiary/aromatic N) is 1. The van der Waals surface area contributed by atoms with Crippen LogP contribution in [-0.2, 0) is 4.79 Å². The smallest absolute Gasteiger partial charge is 0.312 e. The van der Waals surface area contributed by atoms with Crippen LogP contribution in [0.15, 0.2) is 35.3 Å². The quantitative estimate of drug-likeness (QED) is 0.838. The number of nitrogens with one attached hydrogen (secondary N) is 1. The van der Waals surface area contributed by atoms with Crippen molar-refractivity contribution in [1.29, 1.82) is 0 Å². The lowest BCUT2D eigenvalue weighted by molar-refractivity contribution is -0.108. The first-order chi connectivity index (χ1) is 8.65. The van der Waals surface area contributed by atoms with E-state index in [0.29, 0.717) is 6.42 Å². The van der Waals surface area contributed by atoms with Gasteiger partial charge in [0, 0.05) is 18.3 Å². The highest BCUT2D eigenvalue weighted by molar-refractivity contribution is 5.54. The molecule has 2 aromatic rings. The van der Waals surface area contributed by atoms with Crippen LogP contribution in [0.25, 0.3) is 5.69 Å². The molecular formula is C14H16N2O2. The fourth-order valence-corrected chi connectivity index (χ4v) is 2.13. The van der Waals surface area contributed by atoms with Gasteiger partial charge in [-0.15, -0.1) is 0 Å². The monoisotopic (exact) mass is 244 g/mol. The predicted molar refractivity (Wildman–Crippen MR) is 70.2 cm³/mol. The maximum atomic E-state index is 11.8. The second kappa shape index (κ2) is 5.04. The van der Waals surface area contributed by atoms with Gasteiger partial charge in [-0.05, 0) is 24.5 Å². The van der Waals surface area contributed by atoms with E-state index in [9.17, 15) is 9.59 Å². The molecule has 94 valence electrons. The summed E-state index contributed by atoms with van der Waals surface area (Å²) in [6.07, 6.45) is 3.05. The summed E-state index contributed by atoms with van der Waals surface area (Å²) in [7, 11) is 0. The van der Waals surface area contributed by atoms with E-state index in [0.717, 1.165) is 23.2 Å². The zero-order valence-corrected chi connectivity index (χ0v) is 10.5. The molecule has 0 spiro atoms. The van der Waals surface area contributed by atoms with Gasteiger partial charge >= 0.3 is 5.69 Å². The second-order valence-corrected chi connectivity index (χ2v) is 4.43. The zero-order chi connectivity index (χ0) is 13.1. The molecule has 1 atom stereocenters. The molecule has 0 saturated heterocycles. The minimum Gasteiger partial charge on any atom is -0.312 e. The minimum absolute atomic E-state index is 0.0971. The average Bonchev–Trinajstić information content (AvgIpc) is 2.69. The maximum Gasteiger partial charge on any atom is 0.330 e. The first-order valence-corrected chi connectivity index (χ1v) is 5.95. The van der Waals surface area contributed by atoms with Crippen molar-refractivity contribution in [2.24, 2.45) is 0 Å². The molecule has 1 aromatic heterocycles. The Hall–Kier alpha value is -2.10. The number of benzene rings is 1. The molecule has 0 aliphatic carbocycles. The van der Waals surface area contributed by atoms with Crippen LogP contribution in [0.3, 0.4) is 0 Å². The van der Waals surface area contributed by atoms with Crippen LogP contribution in [0.2, 0.25) is 0 Å². The Morgan fingerprint density at radius 3 is 2.72 bits per heavy atom. The number of H-pyrrole nitrogens is 1. The number of carbonyl (C=O) groups excluding carboxylic acids is 1. The molecule has 0 bridgehead atoms. The van der Waals surface area contributed by atoms with E-state index in [2.05, 4.69) is 4.98 Å². The van der Waals surface area contributed by atoms with Gasteiger partial charge in [0.2, 0.25) is 0 Å². The van der Waals surface area contributed by atoms with E-state index in [1.165, 1.54) is 0 Å². The molecular weight excluding hydrogens is 228 g/mol. The Morgan fingerprint density at radius 1 is 1.39 bits per heavy atom. The van der Waals surface area contributed by atoms with Crippen molar-refractivity contribution in [2.45, 2.75) is 26.2 Å². The Morgan fingerprint density at radius 2 is 2.11 bits per heavy atom. The van der Waals surface area contributed by atoms with E-state index in [1.54, 1.807) is 10.8 Å². The molecule has 2 rings (SSSR count). The molecule has 0 saturated carbocycles. The van der Waals surface area contributed by atoms with E-state index in [1.807, 2.05) is 38.1 Å². The second-order valence-electron chi connectivity index (χ2n) is 4.43. The van der Waals surface area contributed by atoms with Crippen molar-refractivity contribution in [3.63, 3.8) is 0 Å².